The smallest absolute Gasteiger partial charge is 0.231 e. The average Bonchev–Trinajstić information content (AvgIpc) is 2.87. The average molecular weight is 255 g/mol. The van der Waals surface area contributed by atoms with Gasteiger partial charge in [0.2, 0.25) is 5.91 Å². The van der Waals surface area contributed by atoms with Crippen molar-refractivity contribution in [2.45, 2.75) is 12.6 Å². The van der Waals surface area contributed by atoms with Gasteiger partial charge in [-0.05, 0) is 18.6 Å². The second-order valence-electron chi connectivity index (χ2n) is 3.93. The molecule has 17 heavy (non-hydrogen) atoms. The molecular weight excluding hydrogens is 247 g/mol. The molecule has 2 aromatic rings. The summed E-state index contributed by atoms with van der Waals surface area (Å²) in [7, 11) is 0. The molecule has 0 radical (unpaired) electrons. The van der Waals surface area contributed by atoms with E-state index in [0.717, 1.165) is 0 Å². The van der Waals surface area contributed by atoms with E-state index in [1.807, 2.05) is 0 Å². The van der Waals surface area contributed by atoms with Crippen LogP contribution < -0.4 is 5.32 Å². The van der Waals surface area contributed by atoms with Gasteiger partial charge in [0.15, 0.2) is 11.5 Å². The minimum absolute atomic E-state index is 0.295. The molecule has 5 nitrogen and oxygen atoms in total. The summed E-state index contributed by atoms with van der Waals surface area (Å²) in [5.74, 6) is -0.521. The number of hydrogen-bond donors (Lipinski definition) is 1. The third-order valence-corrected chi connectivity index (χ3v) is 2.79. The summed E-state index contributed by atoms with van der Waals surface area (Å²) in [5, 5.41) is 6.85. The first-order chi connectivity index (χ1) is 8.13. The lowest BCUT2D eigenvalue weighted by atomic mass is 10.4. The van der Waals surface area contributed by atoms with Crippen LogP contribution in [0.2, 0.25) is 5.15 Å². The van der Waals surface area contributed by atoms with Gasteiger partial charge in [-0.2, -0.15) is 5.10 Å². The summed E-state index contributed by atoms with van der Waals surface area (Å²) in [6.07, 6.45) is 0.817. The third-order valence-electron chi connectivity index (χ3n) is 2.59. The predicted molar refractivity (Wildman–Crippen MR) is 59.6 cm³/mol. The van der Waals surface area contributed by atoms with Crippen molar-refractivity contribution in [3.8, 4) is 0 Å². The molecule has 0 aromatic carbocycles. The third kappa shape index (κ3) is 1.95. The molecule has 2 atom stereocenters. The molecule has 1 aliphatic rings. The number of anilines is 1. The topological polar surface area (TPSA) is 59.3 Å². The van der Waals surface area contributed by atoms with E-state index in [1.165, 1.54) is 10.7 Å². The maximum atomic E-state index is 12.7. The molecule has 7 heteroatoms. The molecule has 2 aromatic heterocycles. The molecule has 1 saturated carbocycles. The van der Waals surface area contributed by atoms with Crippen LogP contribution in [0.5, 0.6) is 0 Å². The molecular formula is C10H8ClFN4O. The summed E-state index contributed by atoms with van der Waals surface area (Å²) in [6.45, 7) is 0. The first kappa shape index (κ1) is 10.5. The van der Waals surface area contributed by atoms with Crippen LogP contribution in [0.25, 0.3) is 5.65 Å². The Morgan fingerprint density at radius 2 is 2.35 bits per heavy atom. The van der Waals surface area contributed by atoms with Gasteiger partial charge in [-0.25, -0.2) is 13.9 Å². The Morgan fingerprint density at radius 1 is 1.59 bits per heavy atom. The van der Waals surface area contributed by atoms with E-state index in [1.54, 1.807) is 12.1 Å². The number of carbonyl (C=O) groups is 1. The first-order valence-electron chi connectivity index (χ1n) is 5.10. The lowest BCUT2D eigenvalue weighted by Gasteiger charge is -1.97. The molecule has 1 fully saturated rings. The fraction of sp³-hybridized carbons (Fsp3) is 0.300. The number of hydrogen-bond acceptors (Lipinski definition) is 3. The maximum Gasteiger partial charge on any atom is 0.231 e. The predicted octanol–water partition coefficient (Wildman–Crippen LogP) is 1.68. The van der Waals surface area contributed by atoms with E-state index < -0.39 is 12.1 Å². The van der Waals surface area contributed by atoms with Crippen LogP contribution >= 0.6 is 11.6 Å². The highest BCUT2D eigenvalue weighted by atomic mass is 35.5. The molecule has 1 amide bonds. The van der Waals surface area contributed by atoms with Crippen LogP contribution in [0, 0.1) is 5.92 Å². The quantitative estimate of drug-likeness (QED) is 0.887. The number of carbonyl (C=O) groups excluding carboxylic acids is 1. The molecule has 88 valence electrons. The summed E-state index contributed by atoms with van der Waals surface area (Å²) in [4.78, 5) is 15.6. The Bertz CT molecular complexity index is 599. The number of fused-ring (bicyclic) bond motifs is 1. The minimum Gasteiger partial charge on any atom is -0.309 e. The number of aromatic nitrogens is 3. The van der Waals surface area contributed by atoms with Gasteiger partial charge in [0.05, 0.1) is 12.1 Å². The highest BCUT2D eigenvalue weighted by Crippen LogP contribution is 2.34. The number of nitrogens with one attached hydrogen (secondary N) is 1. The molecule has 0 aliphatic heterocycles. The zero-order valence-electron chi connectivity index (χ0n) is 8.60. The van der Waals surface area contributed by atoms with Crippen LogP contribution in [-0.4, -0.2) is 26.7 Å². The van der Waals surface area contributed by atoms with Gasteiger partial charge in [0, 0.05) is 0 Å². The summed E-state index contributed by atoms with van der Waals surface area (Å²) in [5.41, 5.74) is 0.567. The molecule has 1 N–H and O–H groups in total. The van der Waals surface area contributed by atoms with Gasteiger partial charge in [-0.15, -0.1) is 0 Å². The second-order valence-corrected chi connectivity index (χ2v) is 4.32. The highest BCUT2D eigenvalue weighted by Gasteiger charge is 2.43. The fourth-order valence-corrected chi connectivity index (χ4v) is 1.72. The number of nitrogens with zero attached hydrogens (tertiary/aromatic N) is 3. The van der Waals surface area contributed by atoms with E-state index in [0.29, 0.717) is 23.0 Å². The van der Waals surface area contributed by atoms with E-state index in [2.05, 4.69) is 15.4 Å². The number of alkyl halides is 1. The van der Waals surface area contributed by atoms with Gasteiger partial charge in [-0.3, -0.25) is 4.79 Å². The zero-order chi connectivity index (χ0) is 12.0. The maximum absolute atomic E-state index is 12.7. The Kier molecular flexibility index (Phi) is 2.25. The van der Waals surface area contributed by atoms with Gasteiger partial charge in [-0.1, -0.05) is 11.6 Å². The Morgan fingerprint density at radius 3 is 3.06 bits per heavy atom. The standard InChI is InChI=1S/C10H8ClFN4O/c11-7-1-2-9-13-8(4-16(9)15-7)14-10(17)5-3-6(5)12/h1-2,4-6H,3H2,(H,14,17). The molecule has 0 saturated heterocycles. The summed E-state index contributed by atoms with van der Waals surface area (Å²) in [6, 6.07) is 3.29. The number of imidazole rings is 1. The van der Waals surface area contributed by atoms with E-state index >= 15 is 0 Å². The second kappa shape index (κ2) is 3.66. The largest absolute Gasteiger partial charge is 0.309 e. The van der Waals surface area contributed by atoms with Gasteiger partial charge < -0.3 is 5.32 Å². The van der Waals surface area contributed by atoms with Crippen molar-refractivity contribution >= 4 is 29.0 Å². The summed E-state index contributed by atoms with van der Waals surface area (Å²) >= 11 is 5.72. The number of halogens is 2. The van der Waals surface area contributed by atoms with Crippen molar-refractivity contribution in [3.63, 3.8) is 0 Å². The van der Waals surface area contributed by atoms with E-state index in [4.69, 9.17) is 11.6 Å². The fourth-order valence-electron chi connectivity index (χ4n) is 1.57. The Balaban J connectivity index is 1.83. The lowest BCUT2D eigenvalue weighted by molar-refractivity contribution is -0.117. The van der Waals surface area contributed by atoms with Crippen LogP contribution in [-0.2, 0) is 4.79 Å². The molecule has 1 aliphatic carbocycles. The number of amides is 1. The van der Waals surface area contributed by atoms with Crippen molar-refractivity contribution < 1.29 is 9.18 Å². The molecule has 0 spiro atoms. The van der Waals surface area contributed by atoms with Crippen molar-refractivity contribution in [1.29, 1.82) is 0 Å². The molecule has 2 unspecified atom stereocenters. The van der Waals surface area contributed by atoms with Crippen molar-refractivity contribution in [3.05, 3.63) is 23.5 Å². The normalized spacial score (nSPS) is 22.7. The summed E-state index contributed by atoms with van der Waals surface area (Å²) < 4.78 is 14.1. The monoisotopic (exact) mass is 254 g/mol. The van der Waals surface area contributed by atoms with Gasteiger partial charge in [0.25, 0.3) is 0 Å². The van der Waals surface area contributed by atoms with E-state index in [-0.39, 0.29) is 5.91 Å². The lowest BCUT2D eigenvalue weighted by Crippen LogP contribution is -2.15. The van der Waals surface area contributed by atoms with E-state index in [9.17, 15) is 9.18 Å². The molecule has 2 heterocycles. The zero-order valence-corrected chi connectivity index (χ0v) is 9.36. The van der Waals surface area contributed by atoms with Crippen LogP contribution in [0.3, 0.4) is 0 Å². The van der Waals surface area contributed by atoms with Gasteiger partial charge >= 0.3 is 0 Å². The first-order valence-corrected chi connectivity index (χ1v) is 5.48. The molecule has 3 rings (SSSR count). The Labute approximate surface area is 101 Å². The SMILES string of the molecule is O=C(Nc1cn2nc(Cl)ccc2n1)C1CC1F. The highest BCUT2D eigenvalue weighted by molar-refractivity contribution is 6.29. The van der Waals surface area contributed by atoms with Crippen molar-refractivity contribution in [2.24, 2.45) is 5.92 Å². The van der Waals surface area contributed by atoms with Crippen molar-refractivity contribution in [2.75, 3.05) is 5.32 Å². The minimum atomic E-state index is -1.01. The Hall–Kier alpha value is -1.69. The van der Waals surface area contributed by atoms with Crippen LogP contribution in [0.15, 0.2) is 18.3 Å². The van der Waals surface area contributed by atoms with Crippen LogP contribution in [0.1, 0.15) is 6.42 Å². The van der Waals surface area contributed by atoms with Crippen LogP contribution in [0.4, 0.5) is 10.2 Å². The van der Waals surface area contributed by atoms with Gasteiger partial charge in [0.1, 0.15) is 11.3 Å². The number of rotatable bonds is 2. The van der Waals surface area contributed by atoms with Crippen molar-refractivity contribution in [1.82, 2.24) is 14.6 Å². The molecule has 0 bridgehead atoms.